The van der Waals surface area contributed by atoms with Crippen molar-refractivity contribution in [2.75, 3.05) is 13.5 Å². The van der Waals surface area contributed by atoms with Gasteiger partial charge in [-0.05, 0) is 19.1 Å². The maximum Gasteiger partial charge on any atom is 0.323 e. The molecule has 0 heterocycles. The third-order valence-corrected chi connectivity index (χ3v) is 4.70. The van der Waals surface area contributed by atoms with E-state index in [2.05, 4.69) is 6.58 Å². The van der Waals surface area contributed by atoms with Gasteiger partial charge >= 0.3 is 5.97 Å². The molecule has 0 saturated carbocycles. The first-order valence-electron chi connectivity index (χ1n) is 8.45. The van der Waals surface area contributed by atoms with E-state index in [4.69, 9.17) is 20.0 Å². The van der Waals surface area contributed by atoms with E-state index in [9.17, 15) is 23.3 Å². The molecule has 1 rings (SSSR count). The number of guanidine groups is 1. The molecule has 1 aromatic carbocycles. The molecule has 0 aliphatic carbocycles. The molecule has 11 nitrogen and oxygen atoms in total. The number of carbonyl (C=O) groups is 1. The van der Waals surface area contributed by atoms with Crippen LogP contribution in [0.5, 0.6) is 0 Å². The van der Waals surface area contributed by atoms with E-state index in [1.165, 1.54) is 13.0 Å². The average Bonchev–Trinajstić information content (AvgIpc) is 2.59. The second kappa shape index (κ2) is 8.40. The fourth-order valence-electron chi connectivity index (χ4n) is 1.65. The lowest BCUT2D eigenvalue weighted by Crippen LogP contribution is -2.52. The molecule has 3 N–H and O–H groups in total. The predicted octanol–water partition coefficient (Wildman–Crippen LogP) is 0.443. The molecule has 0 fully saturated rings. The zero-order valence-corrected chi connectivity index (χ0v) is 14.5. The Bertz CT molecular complexity index is 903. The Hall–Kier alpha value is -2.99. The quantitative estimate of drug-likeness (QED) is 0.162. The minimum Gasteiger partial charge on any atom is -0.457 e. The van der Waals surface area contributed by atoms with Crippen LogP contribution < -0.4 is 5.73 Å². The van der Waals surface area contributed by atoms with E-state index in [1.54, 1.807) is 0 Å². The van der Waals surface area contributed by atoms with Crippen LogP contribution in [0.1, 0.15) is 11.0 Å². The predicted molar refractivity (Wildman–Crippen MR) is 92.4 cm³/mol. The van der Waals surface area contributed by atoms with Gasteiger partial charge in [0.05, 0.1) is 9.82 Å². The van der Waals surface area contributed by atoms with E-state index >= 15 is 0 Å². The van der Waals surface area contributed by atoms with Crippen molar-refractivity contribution < 1.29 is 27.0 Å². The SMILES string of the molecule is [2H]C([2H])([2H])N(C(=N)N)N(CC(=O)OC(C)C=C)S(=O)(=O)c1ccc([N+](=O)[O-])cc1. The van der Waals surface area contributed by atoms with Crippen molar-refractivity contribution >= 4 is 27.6 Å². The number of benzene rings is 1. The molecule has 0 amide bonds. The lowest BCUT2D eigenvalue weighted by molar-refractivity contribution is -0.384. The molecule has 12 heteroatoms. The number of hydrogen-bond donors (Lipinski definition) is 2. The normalized spacial score (nSPS) is 14.5. The van der Waals surface area contributed by atoms with Gasteiger partial charge in [0.1, 0.15) is 12.6 Å². The van der Waals surface area contributed by atoms with Crippen LogP contribution in [0.25, 0.3) is 0 Å². The summed E-state index contributed by atoms with van der Waals surface area (Å²) in [5, 5.41) is 18.2. The Morgan fingerprint density at radius 2 is 2.12 bits per heavy atom. The van der Waals surface area contributed by atoms with Crippen LogP contribution in [0.4, 0.5) is 5.69 Å². The van der Waals surface area contributed by atoms with Gasteiger partial charge in [0.25, 0.3) is 15.7 Å². The first-order valence-corrected chi connectivity index (χ1v) is 8.39. The highest BCUT2D eigenvalue weighted by Crippen LogP contribution is 2.20. The third kappa shape index (κ3) is 5.00. The number of sulfonamides is 1. The Morgan fingerprint density at radius 3 is 2.54 bits per heavy atom. The molecule has 1 atom stereocenters. The minimum absolute atomic E-state index is 0.0572. The maximum absolute atomic E-state index is 13.0. The van der Waals surface area contributed by atoms with E-state index in [0.717, 1.165) is 24.3 Å². The Kier molecular flexibility index (Phi) is 5.32. The monoisotopic (exact) mass is 388 g/mol. The summed E-state index contributed by atoms with van der Waals surface area (Å²) in [5.41, 5.74) is 4.84. The third-order valence-electron chi connectivity index (χ3n) is 2.99. The molecule has 0 aliphatic rings. The van der Waals surface area contributed by atoms with Gasteiger partial charge in [0.2, 0.25) is 5.96 Å². The topological polar surface area (TPSA) is 160 Å². The summed E-state index contributed by atoms with van der Waals surface area (Å²) < 4.78 is 53.3. The number of esters is 1. The second-order valence-electron chi connectivity index (χ2n) is 4.86. The standard InChI is InChI=1S/C14H19N5O6S/c1-4-10(2)25-13(20)9-18(17(3)14(15)16)26(23,24)12-7-5-11(6-8-12)19(21)22/h4-8,10H,1,9H2,2-3H3,(H3,15,16)/i3D3. The second-order valence-corrected chi connectivity index (χ2v) is 6.71. The number of nitro benzene ring substituents is 1. The van der Waals surface area contributed by atoms with E-state index in [-0.39, 0.29) is 9.42 Å². The van der Waals surface area contributed by atoms with Crippen LogP contribution in [0.2, 0.25) is 0 Å². The number of carbonyl (C=O) groups excluding carboxylic acids is 1. The summed E-state index contributed by atoms with van der Waals surface area (Å²) in [4.78, 5) is 21.5. The minimum atomic E-state index is -4.78. The number of nitrogens with one attached hydrogen (secondary N) is 1. The van der Waals surface area contributed by atoms with Crippen molar-refractivity contribution in [3.05, 3.63) is 47.0 Å². The highest BCUT2D eigenvalue weighted by molar-refractivity contribution is 7.89. The number of nitrogens with two attached hydrogens (primary N) is 1. The Balaban J connectivity index is 3.47. The molecule has 1 unspecified atom stereocenters. The molecular formula is C14H19N5O6S. The van der Waals surface area contributed by atoms with Gasteiger partial charge in [0.15, 0.2) is 0 Å². The molecule has 142 valence electrons. The summed E-state index contributed by atoms with van der Waals surface area (Å²) in [6.07, 6.45) is 0.449. The van der Waals surface area contributed by atoms with Gasteiger partial charge in [-0.25, -0.2) is 8.42 Å². The van der Waals surface area contributed by atoms with Crippen LogP contribution >= 0.6 is 0 Å². The number of hydrogen-bond acceptors (Lipinski definition) is 7. The molecule has 0 aromatic heterocycles. The van der Waals surface area contributed by atoms with Crippen LogP contribution in [-0.4, -0.2) is 54.3 Å². The van der Waals surface area contributed by atoms with Crippen molar-refractivity contribution in [3.63, 3.8) is 0 Å². The first-order chi connectivity index (χ1) is 13.2. The van der Waals surface area contributed by atoms with Gasteiger partial charge in [0, 0.05) is 23.2 Å². The molecule has 0 radical (unpaired) electrons. The van der Waals surface area contributed by atoms with Crippen LogP contribution in [0.3, 0.4) is 0 Å². The smallest absolute Gasteiger partial charge is 0.323 e. The van der Waals surface area contributed by atoms with Gasteiger partial charge in [-0.3, -0.25) is 25.3 Å². The van der Waals surface area contributed by atoms with Gasteiger partial charge in [-0.1, -0.05) is 17.1 Å². The molecule has 1 aromatic rings. The summed E-state index contributed by atoms with van der Waals surface area (Å²) in [6.45, 7) is 0.457. The summed E-state index contributed by atoms with van der Waals surface area (Å²) >= 11 is 0. The molecular weight excluding hydrogens is 366 g/mol. The van der Waals surface area contributed by atoms with E-state index in [0.29, 0.717) is 0 Å². The highest BCUT2D eigenvalue weighted by atomic mass is 32.2. The van der Waals surface area contributed by atoms with Crippen LogP contribution in [-0.2, 0) is 19.6 Å². The number of non-ortho nitro benzene ring substituents is 1. The van der Waals surface area contributed by atoms with Crippen molar-refractivity contribution in [2.45, 2.75) is 17.9 Å². The van der Waals surface area contributed by atoms with Gasteiger partial charge < -0.3 is 10.5 Å². The Morgan fingerprint density at radius 1 is 1.54 bits per heavy atom. The molecule has 26 heavy (non-hydrogen) atoms. The zero-order valence-electron chi connectivity index (χ0n) is 16.7. The lowest BCUT2D eigenvalue weighted by atomic mass is 10.3. The molecule has 0 bridgehead atoms. The first kappa shape index (κ1) is 16.5. The zero-order chi connectivity index (χ0) is 22.6. The largest absolute Gasteiger partial charge is 0.457 e. The summed E-state index contributed by atoms with van der Waals surface area (Å²) in [5.74, 6) is -2.32. The fraction of sp³-hybridized carbons (Fsp3) is 0.286. The summed E-state index contributed by atoms with van der Waals surface area (Å²) in [6, 6.07) is 3.49. The molecule has 0 saturated heterocycles. The highest BCUT2D eigenvalue weighted by Gasteiger charge is 2.32. The number of nitrogens with zero attached hydrogens (tertiary/aromatic N) is 3. The van der Waals surface area contributed by atoms with E-state index < -0.39 is 57.1 Å². The van der Waals surface area contributed by atoms with Crippen molar-refractivity contribution in [3.8, 4) is 0 Å². The van der Waals surface area contributed by atoms with Crippen LogP contribution in [0, 0.1) is 15.5 Å². The van der Waals surface area contributed by atoms with E-state index in [1.807, 2.05) is 0 Å². The number of rotatable bonds is 8. The number of nitro groups is 1. The van der Waals surface area contributed by atoms with Gasteiger partial charge in [-0.15, -0.1) is 0 Å². The van der Waals surface area contributed by atoms with Gasteiger partial charge in [-0.2, -0.15) is 0 Å². The number of hydrazine groups is 1. The lowest BCUT2D eigenvalue weighted by Gasteiger charge is -2.30. The van der Waals surface area contributed by atoms with Crippen molar-refractivity contribution in [1.29, 1.82) is 5.41 Å². The van der Waals surface area contributed by atoms with Crippen LogP contribution in [0.15, 0.2) is 41.8 Å². The average molecular weight is 388 g/mol. The fourth-order valence-corrected chi connectivity index (χ4v) is 2.95. The molecule has 0 spiro atoms. The van der Waals surface area contributed by atoms with Crippen molar-refractivity contribution in [2.24, 2.45) is 5.73 Å². The number of ether oxygens (including phenoxy) is 1. The Labute approximate surface area is 154 Å². The summed E-state index contributed by atoms with van der Waals surface area (Å²) in [7, 11) is -4.78. The van der Waals surface area contributed by atoms with Crippen molar-refractivity contribution in [1.82, 2.24) is 9.42 Å². The maximum atomic E-state index is 13.0. The molecule has 0 aliphatic heterocycles.